The van der Waals surface area contributed by atoms with E-state index < -0.39 is 31.3 Å². The molecule has 0 aliphatic carbocycles. The van der Waals surface area contributed by atoms with Crippen molar-refractivity contribution >= 4 is 15.7 Å². The Bertz CT molecular complexity index is 650. The highest BCUT2D eigenvalue weighted by Gasteiger charge is 2.32. The molecule has 1 aromatic carbocycles. The van der Waals surface area contributed by atoms with Crippen LogP contribution in [0.1, 0.15) is 12.8 Å². The Morgan fingerprint density at radius 3 is 2.81 bits per heavy atom. The average Bonchev–Trinajstić information content (AvgIpc) is 2.47. The van der Waals surface area contributed by atoms with Crippen molar-refractivity contribution in [3.63, 3.8) is 0 Å². The number of sulfonamides is 1. The topological polar surface area (TPSA) is 107 Å². The van der Waals surface area contributed by atoms with Crippen LogP contribution in [-0.2, 0) is 10.0 Å². The number of nitro benzene ring substituents is 1. The Labute approximate surface area is 121 Å². The van der Waals surface area contributed by atoms with Gasteiger partial charge in [-0.15, -0.1) is 0 Å². The van der Waals surface area contributed by atoms with Gasteiger partial charge in [-0.25, -0.2) is 12.8 Å². The van der Waals surface area contributed by atoms with Crippen LogP contribution in [0.25, 0.3) is 0 Å². The van der Waals surface area contributed by atoms with Crippen LogP contribution >= 0.6 is 0 Å². The van der Waals surface area contributed by atoms with Crippen LogP contribution in [0, 0.1) is 21.8 Å². The summed E-state index contributed by atoms with van der Waals surface area (Å²) in [6, 6.07) is 2.50. The third-order valence-corrected chi connectivity index (χ3v) is 5.44. The fourth-order valence-corrected chi connectivity index (χ4v) is 4.02. The Kier molecular flexibility index (Phi) is 4.55. The van der Waals surface area contributed by atoms with Crippen molar-refractivity contribution < 1.29 is 17.7 Å². The number of nitro groups is 1. The van der Waals surface area contributed by atoms with Gasteiger partial charge in [0.25, 0.3) is 5.69 Å². The van der Waals surface area contributed by atoms with Gasteiger partial charge in [0.15, 0.2) is 0 Å². The second-order valence-corrected chi connectivity index (χ2v) is 6.89. The van der Waals surface area contributed by atoms with Crippen molar-refractivity contribution in [2.24, 2.45) is 11.7 Å². The highest BCUT2D eigenvalue weighted by molar-refractivity contribution is 7.89. The van der Waals surface area contributed by atoms with Crippen LogP contribution in [0.15, 0.2) is 23.1 Å². The van der Waals surface area contributed by atoms with Gasteiger partial charge in [-0.1, -0.05) is 0 Å². The molecule has 1 aliphatic heterocycles. The Morgan fingerprint density at radius 1 is 1.48 bits per heavy atom. The van der Waals surface area contributed by atoms with Crippen LogP contribution in [0.3, 0.4) is 0 Å². The van der Waals surface area contributed by atoms with E-state index in [-0.39, 0.29) is 19.0 Å². The Morgan fingerprint density at radius 2 is 2.19 bits per heavy atom. The summed E-state index contributed by atoms with van der Waals surface area (Å²) in [6.07, 6.45) is 1.46. The summed E-state index contributed by atoms with van der Waals surface area (Å²) < 4.78 is 39.9. The van der Waals surface area contributed by atoms with Gasteiger partial charge in [-0.2, -0.15) is 4.31 Å². The average molecular weight is 317 g/mol. The molecule has 0 bridgehead atoms. The zero-order valence-corrected chi connectivity index (χ0v) is 12.1. The maximum absolute atomic E-state index is 13.8. The van der Waals surface area contributed by atoms with E-state index in [9.17, 15) is 22.9 Å². The standard InChI is InChI=1S/C12H16FN3O4S/c13-11-4-3-10(16(17)18)6-12(11)21(19,20)15-5-1-2-9(7-14)8-15/h3-4,6,9H,1-2,5,7-8,14H2. The van der Waals surface area contributed by atoms with Gasteiger partial charge in [-0.3, -0.25) is 10.1 Å². The van der Waals surface area contributed by atoms with Gasteiger partial charge in [-0.05, 0) is 31.4 Å². The Balaban J connectivity index is 2.39. The lowest BCUT2D eigenvalue weighted by molar-refractivity contribution is -0.385. The molecule has 0 saturated carbocycles. The molecule has 1 atom stereocenters. The number of halogens is 1. The zero-order chi connectivity index (χ0) is 15.6. The van der Waals surface area contributed by atoms with E-state index in [1.807, 2.05) is 0 Å². The van der Waals surface area contributed by atoms with Crippen LogP contribution in [0.4, 0.5) is 10.1 Å². The molecule has 116 valence electrons. The number of nitrogens with two attached hydrogens (primary N) is 1. The second kappa shape index (κ2) is 6.04. The lowest BCUT2D eigenvalue weighted by Crippen LogP contribution is -2.42. The van der Waals surface area contributed by atoms with E-state index in [1.54, 1.807) is 0 Å². The third kappa shape index (κ3) is 3.20. The maximum Gasteiger partial charge on any atom is 0.270 e. The van der Waals surface area contributed by atoms with Gasteiger partial charge >= 0.3 is 0 Å². The maximum atomic E-state index is 13.8. The summed E-state index contributed by atoms with van der Waals surface area (Å²) in [5, 5.41) is 10.7. The molecule has 1 unspecified atom stereocenters. The van der Waals surface area contributed by atoms with Gasteiger partial charge in [0, 0.05) is 25.2 Å². The lowest BCUT2D eigenvalue weighted by atomic mass is 10.0. The van der Waals surface area contributed by atoms with Crippen LogP contribution < -0.4 is 5.73 Å². The summed E-state index contributed by atoms with van der Waals surface area (Å²) in [4.78, 5) is 9.31. The minimum atomic E-state index is -4.09. The largest absolute Gasteiger partial charge is 0.330 e. The summed E-state index contributed by atoms with van der Waals surface area (Å²) >= 11 is 0. The predicted octanol–water partition coefficient (Wildman–Crippen LogP) is 1.09. The second-order valence-electron chi connectivity index (χ2n) is 4.98. The van der Waals surface area contributed by atoms with E-state index in [2.05, 4.69) is 0 Å². The molecular weight excluding hydrogens is 301 g/mol. The number of non-ortho nitro benzene ring substituents is 1. The highest BCUT2D eigenvalue weighted by atomic mass is 32.2. The molecule has 0 spiro atoms. The van der Waals surface area contributed by atoms with Gasteiger partial charge in [0.05, 0.1) is 4.92 Å². The van der Waals surface area contributed by atoms with Gasteiger partial charge in [0.2, 0.25) is 10.0 Å². The molecule has 1 fully saturated rings. The molecule has 1 aromatic rings. The fraction of sp³-hybridized carbons (Fsp3) is 0.500. The first-order valence-corrected chi connectivity index (χ1v) is 7.94. The van der Waals surface area contributed by atoms with E-state index in [0.717, 1.165) is 28.9 Å². The molecule has 1 saturated heterocycles. The first kappa shape index (κ1) is 15.8. The molecule has 2 rings (SSSR count). The first-order chi connectivity index (χ1) is 9.86. The van der Waals surface area contributed by atoms with Crippen molar-refractivity contribution in [3.05, 3.63) is 34.1 Å². The minimum Gasteiger partial charge on any atom is -0.330 e. The number of hydrogen-bond acceptors (Lipinski definition) is 5. The van der Waals surface area contributed by atoms with Crippen molar-refractivity contribution in [2.45, 2.75) is 17.7 Å². The number of benzene rings is 1. The SMILES string of the molecule is NCC1CCCN(S(=O)(=O)c2cc([N+](=O)[O-])ccc2F)C1. The normalized spacial score (nSPS) is 20.4. The fourth-order valence-electron chi connectivity index (χ4n) is 2.38. The molecular formula is C12H16FN3O4S. The zero-order valence-electron chi connectivity index (χ0n) is 11.2. The first-order valence-electron chi connectivity index (χ1n) is 6.50. The predicted molar refractivity (Wildman–Crippen MR) is 73.6 cm³/mol. The van der Waals surface area contributed by atoms with Crippen molar-refractivity contribution in [1.29, 1.82) is 0 Å². The lowest BCUT2D eigenvalue weighted by Gasteiger charge is -2.31. The van der Waals surface area contributed by atoms with E-state index in [1.165, 1.54) is 0 Å². The van der Waals surface area contributed by atoms with Crippen molar-refractivity contribution in [1.82, 2.24) is 4.31 Å². The van der Waals surface area contributed by atoms with Crippen LogP contribution in [0.2, 0.25) is 0 Å². The monoisotopic (exact) mass is 317 g/mol. The summed E-state index contributed by atoms with van der Waals surface area (Å²) in [5.41, 5.74) is 5.10. The van der Waals surface area contributed by atoms with E-state index in [0.29, 0.717) is 13.0 Å². The number of hydrogen-bond donors (Lipinski definition) is 1. The smallest absolute Gasteiger partial charge is 0.270 e. The quantitative estimate of drug-likeness (QED) is 0.661. The molecule has 7 nitrogen and oxygen atoms in total. The summed E-state index contributed by atoms with van der Waals surface area (Å²) in [7, 11) is -4.09. The van der Waals surface area contributed by atoms with Gasteiger partial charge in [0.1, 0.15) is 10.7 Å². The molecule has 2 N–H and O–H groups in total. The van der Waals surface area contributed by atoms with Crippen LogP contribution in [0.5, 0.6) is 0 Å². The summed E-state index contributed by atoms with van der Waals surface area (Å²) in [6.45, 7) is 0.825. The molecule has 0 amide bonds. The van der Waals surface area contributed by atoms with Gasteiger partial charge < -0.3 is 5.73 Å². The molecule has 21 heavy (non-hydrogen) atoms. The van der Waals surface area contributed by atoms with Crippen LogP contribution in [-0.4, -0.2) is 37.3 Å². The number of nitrogens with zero attached hydrogens (tertiary/aromatic N) is 2. The van der Waals surface area contributed by atoms with Crippen molar-refractivity contribution in [3.8, 4) is 0 Å². The highest BCUT2D eigenvalue weighted by Crippen LogP contribution is 2.27. The summed E-state index contributed by atoms with van der Waals surface area (Å²) in [5.74, 6) is -0.967. The third-order valence-electron chi connectivity index (χ3n) is 3.56. The molecule has 0 aromatic heterocycles. The van der Waals surface area contributed by atoms with Crippen molar-refractivity contribution in [2.75, 3.05) is 19.6 Å². The molecule has 1 aliphatic rings. The minimum absolute atomic E-state index is 0.0234. The number of rotatable bonds is 4. The number of piperidine rings is 1. The molecule has 9 heteroatoms. The van der Waals surface area contributed by atoms with E-state index in [4.69, 9.17) is 5.73 Å². The van der Waals surface area contributed by atoms with E-state index >= 15 is 0 Å². The molecule has 0 radical (unpaired) electrons. The Hall–Kier alpha value is -1.58. The molecule has 1 heterocycles.